The van der Waals surface area contributed by atoms with Crippen LogP contribution in [0.5, 0.6) is 0 Å². The average molecular weight is 273 g/mol. The minimum absolute atomic E-state index is 0.295. The number of carbonyl (C=O) groups is 1. The number of hydrogen-bond donors (Lipinski definition) is 2. The first-order valence-corrected chi connectivity index (χ1v) is 6.58. The monoisotopic (exact) mass is 273 g/mol. The highest BCUT2D eigenvalue weighted by Gasteiger charge is 2.10. The molecule has 0 aliphatic rings. The summed E-state index contributed by atoms with van der Waals surface area (Å²) in [5.74, 6) is 0.819. The van der Waals surface area contributed by atoms with Gasteiger partial charge >= 0.3 is 0 Å². The fraction of sp³-hybridized carbons (Fsp3) is 0.167. The summed E-state index contributed by atoms with van der Waals surface area (Å²) in [6.07, 6.45) is 0. The van der Waals surface area contributed by atoms with E-state index in [1.807, 2.05) is 13.0 Å². The van der Waals surface area contributed by atoms with E-state index in [0.29, 0.717) is 22.2 Å². The molecule has 6 nitrogen and oxygen atoms in total. The second-order valence-corrected chi connectivity index (χ2v) is 4.78. The minimum atomic E-state index is -0.332. The van der Waals surface area contributed by atoms with Crippen molar-refractivity contribution >= 4 is 23.6 Å². The van der Waals surface area contributed by atoms with Gasteiger partial charge < -0.3 is 0 Å². The van der Waals surface area contributed by atoms with Gasteiger partial charge in [0, 0.05) is 5.56 Å². The predicted molar refractivity (Wildman–Crippen MR) is 71.9 cm³/mol. The Morgan fingerprint density at radius 1 is 1.58 bits per heavy atom. The number of aromatic amines is 1. The van der Waals surface area contributed by atoms with E-state index in [2.05, 4.69) is 20.5 Å². The summed E-state index contributed by atoms with van der Waals surface area (Å²) in [5, 5.41) is 18.6. The molecule has 2 rings (SSSR count). The SMILES string of the molecule is CCSc1n[nH]c(NC(=O)c2cccc(C#N)c2)n1. The normalized spacial score (nSPS) is 9.89. The van der Waals surface area contributed by atoms with Gasteiger partial charge in [-0.3, -0.25) is 10.1 Å². The van der Waals surface area contributed by atoms with Crippen molar-refractivity contribution in [2.24, 2.45) is 0 Å². The van der Waals surface area contributed by atoms with Gasteiger partial charge in [0.25, 0.3) is 5.91 Å². The van der Waals surface area contributed by atoms with Crippen LogP contribution in [0.1, 0.15) is 22.8 Å². The molecule has 1 aromatic heterocycles. The molecule has 1 heterocycles. The molecule has 0 radical (unpaired) electrons. The second kappa shape index (κ2) is 6.02. The molecule has 0 aliphatic heterocycles. The molecule has 0 unspecified atom stereocenters. The number of hydrogen-bond acceptors (Lipinski definition) is 5. The third-order valence-corrected chi connectivity index (χ3v) is 2.95. The van der Waals surface area contributed by atoms with Gasteiger partial charge in [0.15, 0.2) is 0 Å². The lowest BCUT2D eigenvalue weighted by Gasteiger charge is -2.01. The van der Waals surface area contributed by atoms with Crippen molar-refractivity contribution in [2.45, 2.75) is 12.1 Å². The number of amides is 1. The molecule has 0 bridgehead atoms. The van der Waals surface area contributed by atoms with Crippen LogP contribution in [0.25, 0.3) is 0 Å². The zero-order valence-corrected chi connectivity index (χ0v) is 11.0. The number of thioether (sulfide) groups is 1. The van der Waals surface area contributed by atoms with Crippen molar-refractivity contribution in [2.75, 3.05) is 11.1 Å². The fourth-order valence-corrected chi connectivity index (χ4v) is 1.93. The number of aromatic nitrogens is 3. The van der Waals surface area contributed by atoms with Crippen LogP contribution in [0, 0.1) is 11.3 Å². The largest absolute Gasteiger partial charge is 0.291 e. The van der Waals surface area contributed by atoms with Gasteiger partial charge in [-0.15, -0.1) is 5.10 Å². The Kier molecular flexibility index (Phi) is 4.15. The number of rotatable bonds is 4. The maximum Gasteiger partial charge on any atom is 0.258 e. The maximum atomic E-state index is 11.9. The highest BCUT2D eigenvalue weighted by atomic mass is 32.2. The van der Waals surface area contributed by atoms with E-state index in [4.69, 9.17) is 5.26 Å². The predicted octanol–water partition coefficient (Wildman–Crippen LogP) is 2.04. The lowest BCUT2D eigenvalue weighted by atomic mass is 10.1. The highest BCUT2D eigenvalue weighted by molar-refractivity contribution is 7.99. The van der Waals surface area contributed by atoms with Gasteiger partial charge in [-0.1, -0.05) is 24.8 Å². The zero-order chi connectivity index (χ0) is 13.7. The average Bonchev–Trinajstić information content (AvgIpc) is 2.86. The standard InChI is InChI=1S/C12H11N5OS/c1-2-19-12-15-11(16-17-12)14-10(18)9-5-3-4-8(6-9)7-13/h3-6H,2H2,1H3,(H2,14,15,16,17,18). The quantitative estimate of drug-likeness (QED) is 0.831. The summed E-state index contributed by atoms with van der Waals surface area (Å²) < 4.78 is 0. The summed E-state index contributed by atoms with van der Waals surface area (Å²) in [6, 6.07) is 8.44. The number of anilines is 1. The Hall–Kier alpha value is -2.33. The smallest absolute Gasteiger partial charge is 0.258 e. The van der Waals surface area contributed by atoms with Crippen LogP contribution in [0.4, 0.5) is 5.95 Å². The number of benzene rings is 1. The van der Waals surface area contributed by atoms with E-state index >= 15 is 0 Å². The van der Waals surface area contributed by atoms with Crippen LogP contribution in [0.15, 0.2) is 29.4 Å². The van der Waals surface area contributed by atoms with E-state index < -0.39 is 0 Å². The van der Waals surface area contributed by atoms with E-state index in [1.54, 1.807) is 18.2 Å². The molecule has 0 atom stereocenters. The van der Waals surface area contributed by atoms with Crippen LogP contribution in [0.2, 0.25) is 0 Å². The minimum Gasteiger partial charge on any atom is -0.291 e. The van der Waals surface area contributed by atoms with E-state index in [0.717, 1.165) is 5.75 Å². The summed E-state index contributed by atoms with van der Waals surface area (Å²) in [7, 11) is 0. The number of carbonyl (C=O) groups excluding carboxylic acids is 1. The first-order chi connectivity index (χ1) is 9.22. The highest BCUT2D eigenvalue weighted by Crippen LogP contribution is 2.13. The number of nitrogens with zero attached hydrogens (tertiary/aromatic N) is 3. The summed E-state index contributed by atoms with van der Waals surface area (Å²) in [5.41, 5.74) is 0.840. The van der Waals surface area contributed by atoms with Crippen LogP contribution in [-0.2, 0) is 0 Å². The molecule has 0 spiro atoms. The summed E-state index contributed by atoms with van der Waals surface area (Å²) in [6.45, 7) is 1.99. The molecule has 1 amide bonds. The second-order valence-electron chi connectivity index (χ2n) is 3.55. The van der Waals surface area contributed by atoms with E-state index in [1.165, 1.54) is 17.8 Å². The number of H-pyrrole nitrogens is 1. The first-order valence-electron chi connectivity index (χ1n) is 5.59. The Bertz CT molecular complexity index is 631. The summed E-state index contributed by atoms with van der Waals surface area (Å²) in [4.78, 5) is 16.0. The van der Waals surface area contributed by atoms with Crippen LogP contribution in [-0.4, -0.2) is 26.8 Å². The Balaban J connectivity index is 2.09. The molecule has 96 valence electrons. The van der Waals surface area contributed by atoms with Gasteiger partial charge in [0.05, 0.1) is 11.6 Å². The topological polar surface area (TPSA) is 94.5 Å². The van der Waals surface area contributed by atoms with Crippen molar-refractivity contribution in [1.29, 1.82) is 5.26 Å². The zero-order valence-electron chi connectivity index (χ0n) is 10.2. The maximum absolute atomic E-state index is 11.9. The lowest BCUT2D eigenvalue weighted by molar-refractivity contribution is 0.102. The summed E-state index contributed by atoms with van der Waals surface area (Å²) >= 11 is 1.48. The van der Waals surface area contributed by atoms with E-state index in [-0.39, 0.29) is 5.91 Å². The van der Waals surface area contributed by atoms with Crippen molar-refractivity contribution < 1.29 is 4.79 Å². The van der Waals surface area contributed by atoms with Crippen molar-refractivity contribution in [3.05, 3.63) is 35.4 Å². The molecule has 19 heavy (non-hydrogen) atoms. The molecule has 0 saturated carbocycles. The van der Waals surface area contributed by atoms with Crippen molar-refractivity contribution in [3.8, 4) is 6.07 Å². The van der Waals surface area contributed by atoms with Crippen LogP contribution >= 0.6 is 11.8 Å². The Morgan fingerprint density at radius 3 is 3.16 bits per heavy atom. The number of nitriles is 1. The van der Waals surface area contributed by atoms with Crippen molar-refractivity contribution in [3.63, 3.8) is 0 Å². The van der Waals surface area contributed by atoms with E-state index in [9.17, 15) is 4.79 Å². The van der Waals surface area contributed by atoms with Gasteiger partial charge in [0.2, 0.25) is 11.1 Å². The lowest BCUT2D eigenvalue weighted by Crippen LogP contribution is -2.13. The Morgan fingerprint density at radius 2 is 2.42 bits per heavy atom. The molecule has 1 aromatic carbocycles. The molecule has 0 saturated heterocycles. The molecule has 0 aliphatic carbocycles. The Labute approximate surface area is 114 Å². The van der Waals surface area contributed by atoms with Crippen molar-refractivity contribution in [1.82, 2.24) is 15.2 Å². The molecular weight excluding hydrogens is 262 g/mol. The fourth-order valence-electron chi connectivity index (χ4n) is 1.41. The van der Waals surface area contributed by atoms with Gasteiger partial charge in [0.1, 0.15) is 0 Å². The number of nitrogens with one attached hydrogen (secondary N) is 2. The van der Waals surface area contributed by atoms with Crippen LogP contribution in [0.3, 0.4) is 0 Å². The molecular formula is C12H11N5OS. The first kappa shape index (κ1) is 13.1. The molecule has 0 fully saturated rings. The van der Waals surface area contributed by atoms with Gasteiger partial charge in [-0.25, -0.2) is 5.10 Å². The molecule has 7 heteroatoms. The molecule has 2 N–H and O–H groups in total. The molecule has 2 aromatic rings. The van der Waals surface area contributed by atoms with Gasteiger partial charge in [-0.2, -0.15) is 10.2 Å². The van der Waals surface area contributed by atoms with Gasteiger partial charge in [-0.05, 0) is 24.0 Å². The third-order valence-electron chi connectivity index (χ3n) is 2.22. The van der Waals surface area contributed by atoms with Crippen LogP contribution < -0.4 is 5.32 Å². The third kappa shape index (κ3) is 3.33.